The molecule has 3 atom stereocenters. The van der Waals surface area contributed by atoms with Gasteiger partial charge in [0.2, 0.25) is 21.8 Å². The van der Waals surface area contributed by atoms with Crippen molar-refractivity contribution in [3.63, 3.8) is 0 Å². The van der Waals surface area contributed by atoms with Crippen LogP contribution in [0.25, 0.3) is 11.5 Å². The normalized spacial score (nSPS) is 19.3. The molecule has 0 aromatic carbocycles. The average molecular weight is 501 g/mol. The molecule has 188 valence electrons. The van der Waals surface area contributed by atoms with Gasteiger partial charge in [0.05, 0.1) is 11.8 Å². The van der Waals surface area contributed by atoms with E-state index in [2.05, 4.69) is 27.1 Å². The summed E-state index contributed by atoms with van der Waals surface area (Å²) in [6, 6.07) is 7.00. The Labute approximate surface area is 205 Å². The molecular formula is C23H32N8O3S. The number of anilines is 3. The molecule has 3 heterocycles. The van der Waals surface area contributed by atoms with Crippen molar-refractivity contribution in [3.05, 3.63) is 41.9 Å². The molecule has 12 heteroatoms. The Balaban J connectivity index is 1.66. The second kappa shape index (κ2) is 9.08. The molecule has 3 aromatic rings. The SMILES string of the molecule is CC1CC1CN(C)c1cc(-c2nnc(C(C)(N)Cc3ccc(N)nc3)o2)cc(N(C)S(C)(=O)=O)n1. The van der Waals surface area contributed by atoms with E-state index in [1.165, 1.54) is 13.5 Å². The van der Waals surface area contributed by atoms with Crippen molar-refractivity contribution in [2.24, 2.45) is 17.6 Å². The number of rotatable bonds is 9. The molecule has 1 fully saturated rings. The third kappa shape index (κ3) is 5.70. The second-order valence-electron chi connectivity index (χ2n) is 9.75. The fourth-order valence-corrected chi connectivity index (χ4v) is 4.29. The maximum Gasteiger partial charge on any atom is 0.248 e. The molecule has 0 aliphatic heterocycles. The minimum atomic E-state index is -3.52. The fourth-order valence-electron chi connectivity index (χ4n) is 3.86. The summed E-state index contributed by atoms with van der Waals surface area (Å²) in [6.45, 7) is 4.84. The summed E-state index contributed by atoms with van der Waals surface area (Å²) in [6.07, 6.45) is 4.38. The number of hydrogen-bond acceptors (Lipinski definition) is 10. The van der Waals surface area contributed by atoms with Crippen LogP contribution in [0.5, 0.6) is 0 Å². The highest BCUT2D eigenvalue weighted by Crippen LogP contribution is 2.39. The van der Waals surface area contributed by atoms with Gasteiger partial charge in [0.1, 0.15) is 17.5 Å². The van der Waals surface area contributed by atoms with E-state index in [4.69, 9.17) is 15.9 Å². The number of pyridine rings is 2. The quantitative estimate of drug-likeness (QED) is 0.445. The van der Waals surface area contributed by atoms with Crippen molar-refractivity contribution in [1.82, 2.24) is 20.2 Å². The lowest BCUT2D eigenvalue weighted by Gasteiger charge is -2.22. The molecule has 4 rings (SSSR count). The Bertz CT molecular complexity index is 1310. The molecule has 0 spiro atoms. The van der Waals surface area contributed by atoms with E-state index in [0.29, 0.717) is 35.5 Å². The van der Waals surface area contributed by atoms with Crippen LogP contribution in [0.1, 0.15) is 31.7 Å². The molecule has 3 aromatic heterocycles. The van der Waals surface area contributed by atoms with Crippen molar-refractivity contribution in [3.8, 4) is 11.5 Å². The van der Waals surface area contributed by atoms with Crippen LogP contribution in [0.2, 0.25) is 0 Å². The molecule has 1 aliphatic rings. The number of aromatic nitrogens is 4. The summed E-state index contributed by atoms with van der Waals surface area (Å²) in [5.74, 6) is 3.06. The van der Waals surface area contributed by atoms with Gasteiger partial charge in [0, 0.05) is 38.8 Å². The average Bonchev–Trinajstić information content (AvgIpc) is 3.25. The Morgan fingerprint density at radius 2 is 1.89 bits per heavy atom. The highest BCUT2D eigenvalue weighted by atomic mass is 32.2. The van der Waals surface area contributed by atoms with Crippen LogP contribution in [-0.2, 0) is 22.0 Å². The molecule has 11 nitrogen and oxygen atoms in total. The zero-order valence-corrected chi connectivity index (χ0v) is 21.5. The maximum atomic E-state index is 12.2. The lowest BCUT2D eigenvalue weighted by Crippen LogP contribution is -2.36. The lowest BCUT2D eigenvalue weighted by atomic mass is 9.95. The molecule has 1 aliphatic carbocycles. The first kappa shape index (κ1) is 24.9. The number of hydrogen-bond donors (Lipinski definition) is 2. The summed E-state index contributed by atoms with van der Waals surface area (Å²) >= 11 is 0. The van der Waals surface area contributed by atoms with Gasteiger partial charge in [-0.3, -0.25) is 4.31 Å². The van der Waals surface area contributed by atoms with E-state index in [9.17, 15) is 8.42 Å². The topological polar surface area (TPSA) is 157 Å². The van der Waals surface area contributed by atoms with Crippen molar-refractivity contribution >= 4 is 27.5 Å². The zero-order valence-electron chi connectivity index (χ0n) is 20.6. The van der Waals surface area contributed by atoms with Crippen molar-refractivity contribution in [2.75, 3.05) is 41.8 Å². The molecule has 0 radical (unpaired) electrons. The van der Waals surface area contributed by atoms with Gasteiger partial charge in [-0.2, -0.15) is 0 Å². The van der Waals surface area contributed by atoms with Gasteiger partial charge in [-0.25, -0.2) is 18.4 Å². The zero-order chi connectivity index (χ0) is 25.5. The smallest absolute Gasteiger partial charge is 0.248 e. The van der Waals surface area contributed by atoms with E-state index < -0.39 is 15.6 Å². The van der Waals surface area contributed by atoms with E-state index in [0.717, 1.165) is 22.7 Å². The van der Waals surface area contributed by atoms with Gasteiger partial charge in [0.25, 0.3) is 0 Å². The first-order chi connectivity index (χ1) is 16.3. The molecule has 4 N–H and O–H groups in total. The monoisotopic (exact) mass is 500 g/mol. The first-order valence-electron chi connectivity index (χ1n) is 11.3. The summed E-state index contributed by atoms with van der Waals surface area (Å²) in [5.41, 5.74) is 12.7. The Hall–Kier alpha value is -3.25. The van der Waals surface area contributed by atoms with Gasteiger partial charge >= 0.3 is 0 Å². The maximum absolute atomic E-state index is 12.2. The van der Waals surface area contributed by atoms with Crippen LogP contribution in [-0.4, -0.2) is 55.5 Å². The molecule has 0 amide bonds. The van der Waals surface area contributed by atoms with Gasteiger partial charge in [-0.15, -0.1) is 10.2 Å². The largest absolute Gasteiger partial charge is 0.419 e. The van der Waals surface area contributed by atoms with Crippen LogP contribution in [0.3, 0.4) is 0 Å². The van der Waals surface area contributed by atoms with E-state index >= 15 is 0 Å². The number of nitrogen functional groups attached to an aromatic ring is 1. The Morgan fingerprint density at radius 3 is 2.49 bits per heavy atom. The highest BCUT2D eigenvalue weighted by molar-refractivity contribution is 7.92. The van der Waals surface area contributed by atoms with Crippen molar-refractivity contribution in [2.45, 2.75) is 32.2 Å². The molecule has 3 unspecified atom stereocenters. The summed E-state index contributed by atoms with van der Waals surface area (Å²) in [5, 5.41) is 8.40. The first-order valence-corrected chi connectivity index (χ1v) is 13.2. The predicted octanol–water partition coefficient (Wildman–Crippen LogP) is 2.01. The third-order valence-corrected chi connectivity index (χ3v) is 7.56. The van der Waals surface area contributed by atoms with E-state index in [1.54, 1.807) is 25.3 Å². The van der Waals surface area contributed by atoms with Crippen molar-refractivity contribution < 1.29 is 12.8 Å². The summed E-state index contributed by atoms with van der Waals surface area (Å²) in [4.78, 5) is 10.7. The molecule has 35 heavy (non-hydrogen) atoms. The van der Waals surface area contributed by atoms with Crippen molar-refractivity contribution in [1.29, 1.82) is 0 Å². The van der Waals surface area contributed by atoms with Gasteiger partial charge in [-0.05, 0) is 48.9 Å². The Kier molecular flexibility index (Phi) is 6.45. The minimum Gasteiger partial charge on any atom is -0.419 e. The van der Waals surface area contributed by atoms with Crippen LogP contribution in [0.15, 0.2) is 34.9 Å². The van der Waals surface area contributed by atoms with Crippen LogP contribution >= 0.6 is 0 Å². The minimum absolute atomic E-state index is 0.229. The van der Waals surface area contributed by atoms with E-state index in [1.807, 2.05) is 24.1 Å². The summed E-state index contributed by atoms with van der Waals surface area (Å²) < 4.78 is 31.5. The number of nitrogens with two attached hydrogens (primary N) is 2. The van der Waals surface area contributed by atoms with Gasteiger partial charge in [0.15, 0.2) is 0 Å². The van der Waals surface area contributed by atoms with E-state index in [-0.39, 0.29) is 17.6 Å². The molecule has 0 bridgehead atoms. The lowest BCUT2D eigenvalue weighted by molar-refractivity contribution is 0.355. The highest BCUT2D eigenvalue weighted by Gasteiger charge is 2.34. The second-order valence-corrected chi connectivity index (χ2v) is 11.8. The summed E-state index contributed by atoms with van der Waals surface area (Å²) in [7, 11) is -0.116. The number of nitrogens with zero attached hydrogens (tertiary/aromatic N) is 6. The van der Waals surface area contributed by atoms with Crippen LogP contribution in [0.4, 0.5) is 17.5 Å². The van der Waals surface area contributed by atoms with Crippen LogP contribution in [0, 0.1) is 11.8 Å². The predicted molar refractivity (Wildman–Crippen MR) is 135 cm³/mol. The standard InChI is InChI=1S/C23H32N8O3S/c1-14-8-17(14)13-30(3)19-9-16(10-20(27-19)31(4)35(5,32)33)21-28-29-22(34-21)23(2,25)11-15-6-7-18(24)26-12-15/h6-7,9-10,12,14,17H,8,11,13,25H2,1-5H3,(H2,24,26). The molecule has 0 saturated heterocycles. The third-order valence-electron chi connectivity index (χ3n) is 6.37. The van der Waals surface area contributed by atoms with Gasteiger partial charge < -0.3 is 20.8 Å². The Morgan fingerprint density at radius 1 is 1.20 bits per heavy atom. The number of sulfonamides is 1. The fraction of sp³-hybridized carbons (Fsp3) is 0.478. The van der Waals surface area contributed by atoms with Gasteiger partial charge in [-0.1, -0.05) is 13.0 Å². The van der Waals surface area contributed by atoms with Crippen LogP contribution < -0.4 is 20.7 Å². The molecule has 1 saturated carbocycles. The molecular weight excluding hydrogens is 468 g/mol.